The van der Waals surface area contributed by atoms with Crippen LogP contribution in [0.4, 0.5) is 4.79 Å². The van der Waals surface area contributed by atoms with Crippen LogP contribution in [0.1, 0.15) is 66.4 Å². The molecule has 0 saturated heterocycles. The third-order valence-electron chi connectivity index (χ3n) is 6.73. The van der Waals surface area contributed by atoms with Crippen LogP contribution in [0.15, 0.2) is 48.5 Å². The van der Waals surface area contributed by atoms with Crippen molar-refractivity contribution in [1.82, 2.24) is 9.80 Å². The van der Waals surface area contributed by atoms with Crippen molar-refractivity contribution in [3.63, 3.8) is 0 Å². The van der Waals surface area contributed by atoms with E-state index in [1.807, 2.05) is 11.9 Å². The lowest BCUT2D eigenvalue weighted by atomic mass is 9.81. The molecule has 0 aliphatic heterocycles. The van der Waals surface area contributed by atoms with Gasteiger partial charge in [0, 0.05) is 36.8 Å². The van der Waals surface area contributed by atoms with Gasteiger partial charge in [-0.1, -0.05) is 35.9 Å². The standard InChI is InChI=1S/C28H37ClN2O4/c1-4-34-28(33)35-19-5-18-30(2)20-21-6-8-22(9-7-21)23-12-16-26(17-13-23)31(3)27(32)24-10-14-25(29)15-11-24/h6-11,14-15,23,26H,4-5,12-13,16-20H2,1-3H3/t23-,26-. The molecule has 2 aromatic carbocycles. The van der Waals surface area contributed by atoms with E-state index in [9.17, 15) is 9.59 Å². The molecule has 2 aromatic rings. The molecule has 35 heavy (non-hydrogen) atoms. The second-order valence-electron chi connectivity index (χ2n) is 9.29. The largest absolute Gasteiger partial charge is 0.508 e. The number of amides is 1. The summed E-state index contributed by atoms with van der Waals surface area (Å²) in [5.41, 5.74) is 3.33. The fourth-order valence-electron chi connectivity index (χ4n) is 4.69. The molecule has 1 fully saturated rings. The van der Waals surface area contributed by atoms with E-state index in [1.54, 1.807) is 31.2 Å². The number of benzene rings is 2. The third kappa shape index (κ3) is 8.25. The van der Waals surface area contributed by atoms with Gasteiger partial charge in [-0.25, -0.2) is 4.79 Å². The summed E-state index contributed by atoms with van der Waals surface area (Å²) in [6.07, 6.45) is 4.37. The van der Waals surface area contributed by atoms with E-state index in [0.717, 1.165) is 45.2 Å². The zero-order valence-electron chi connectivity index (χ0n) is 21.0. The van der Waals surface area contributed by atoms with E-state index in [2.05, 4.69) is 36.2 Å². The molecule has 190 valence electrons. The third-order valence-corrected chi connectivity index (χ3v) is 6.98. The summed E-state index contributed by atoms with van der Waals surface area (Å²) < 4.78 is 9.77. The van der Waals surface area contributed by atoms with Gasteiger partial charge in [-0.15, -0.1) is 0 Å². The highest BCUT2D eigenvalue weighted by Crippen LogP contribution is 2.35. The summed E-state index contributed by atoms with van der Waals surface area (Å²) in [7, 11) is 3.98. The molecule has 7 heteroatoms. The summed E-state index contributed by atoms with van der Waals surface area (Å²) in [5.74, 6) is 0.600. The van der Waals surface area contributed by atoms with Crippen LogP contribution >= 0.6 is 11.6 Å². The van der Waals surface area contributed by atoms with Gasteiger partial charge < -0.3 is 19.3 Å². The van der Waals surface area contributed by atoms with Gasteiger partial charge in [-0.3, -0.25) is 4.79 Å². The number of ether oxygens (including phenoxy) is 2. The number of carbonyl (C=O) groups is 2. The van der Waals surface area contributed by atoms with Crippen LogP contribution in [-0.4, -0.2) is 61.8 Å². The van der Waals surface area contributed by atoms with Gasteiger partial charge in [-0.2, -0.15) is 0 Å². The quantitative estimate of drug-likeness (QED) is 0.290. The Morgan fingerprint density at radius 3 is 2.23 bits per heavy atom. The van der Waals surface area contributed by atoms with Crippen molar-refractivity contribution in [3.8, 4) is 0 Å². The molecule has 0 heterocycles. The predicted octanol–water partition coefficient (Wildman–Crippen LogP) is 6.13. The average molecular weight is 501 g/mol. The van der Waals surface area contributed by atoms with Crippen LogP contribution in [0.3, 0.4) is 0 Å². The van der Waals surface area contributed by atoms with Crippen molar-refractivity contribution < 1.29 is 19.1 Å². The average Bonchev–Trinajstić information content (AvgIpc) is 2.87. The molecule has 6 nitrogen and oxygen atoms in total. The van der Waals surface area contributed by atoms with Gasteiger partial charge >= 0.3 is 6.16 Å². The van der Waals surface area contributed by atoms with Gasteiger partial charge in [0.05, 0.1) is 13.2 Å². The van der Waals surface area contributed by atoms with Crippen LogP contribution in [0.5, 0.6) is 0 Å². The zero-order valence-corrected chi connectivity index (χ0v) is 21.8. The van der Waals surface area contributed by atoms with Crippen molar-refractivity contribution in [2.75, 3.05) is 33.9 Å². The first-order chi connectivity index (χ1) is 16.9. The highest BCUT2D eigenvalue weighted by molar-refractivity contribution is 6.30. The van der Waals surface area contributed by atoms with Gasteiger partial charge in [0.2, 0.25) is 0 Å². The van der Waals surface area contributed by atoms with Crippen LogP contribution in [0.2, 0.25) is 5.02 Å². The zero-order chi connectivity index (χ0) is 25.2. The Morgan fingerprint density at radius 2 is 1.60 bits per heavy atom. The number of carbonyl (C=O) groups excluding carboxylic acids is 2. The minimum Gasteiger partial charge on any atom is -0.435 e. The SMILES string of the molecule is CCOC(=O)OCCCN(C)Cc1ccc([C@H]2CC[C@H](N(C)C(=O)c3ccc(Cl)cc3)CC2)cc1. The second-order valence-corrected chi connectivity index (χ2v) is 9.73. The Morgan fingerprint density at radius 1 is 0.943 bits per heavy atom. The Labute approximate surface area is 214 Å². The second kappa shape index (κ2) is 13.5. The summed E-state index contributed by atoms with van der Waals surface area (Å²) >= 11 is 5.95. The Bertz CT molecular complexity index is 940. The molecule has 3 rings (SSSR count). The van der Waals surface area contributed by atoms with Crippen LogP contribution in [0, 0.1) is 0 Å². The van der Waals surface area contributed by atoms with E-state index < -0.39 is 6.16 Å². The van der Waals surface area contributed by atoms with Crippen molar-refractivity contribution in [2.45, 2.75) is 57.5 Å². The maximum atomic E-state index is 12.8. The molecule has 0 N–H and O–H groups in total. The van der Waals surface area contributed by atoms with Gasteiger partial charge in [-0.05, 0) is 87.4 Å². The number of halogens is 1. The lowest BCUT2D eigenvalue weighted by Gasteiger charge is -2.35. The van der Waals surface area contributed by atoms with E-state index in [1.165, 1.54) is 11.1 Å². The summed E-state index contributed by atoms with van der Waals surface area (Å²) in [6.45, 7) is 4.15. The Hall–Kier alpha value is -2.57. The maximum Gasteiger partial charge on any atom is 0.508 e. The van der Waals surface area contributed by atoms with E-state index >= 15 is 0 Å². The molecule has 1 aliphatic rings. The summed E-state index contributed by atoms with van der Waals surface area (Å²) in [6, 6.07) is 16.3. The molecule has 0 aromatic heterocycles. The van der Waals surface area contributed by atoms with Gasteiger partial charge in [0.1, 0.15) is 0 Å². The monoisotopic (exact) mass is 500 g/mol. The number of rotatable bonds is 10. The number of hydrogen-bond acceptors (Lipinski definition) is 5. The van der Waals surface area contributed by atoms with E-state index in [4.69, 9.17) is 21.1 Å². The van der Waals surface area contributed by atoms with Crippen molar-refractivity contribution >= 4 is 23.7 Å². The molecule has 0 radical (unpaired) electrons. The molecule has 1 amide bonds. The molecule has 1 aliphatic carbocycles. The van der Waals surface area contributed by atoms with Gasteiger partial charge in [0.25, 0.3) is 5.91 Å². The Kier molecular flexibility index (Phi) is 10.4. The minimum atomic E-state index is -0.598. The number of nitrogens with zero attached hydrogens (tertiary/aromatic N) is 2. The molecular weight excluding hydrogens is 464 g/mol. The first-order valence-corrected chi connectivity index (χ1v) is 12.8. The van der Waals surface area contributed by atoms with Crippen LogP contribution < -0.4 is 0 Å². The topological polar surface area (TPSA) is 59.1 Å². The van der Waals surface area contributed by atoms with Crippen molar-refractivity contribution in [3.05, 3.63) is 70.2 Å². The number of hydrogen-bond donors (Lipinski definition) is 0. The lowest BCUT2D eigenvalue weighted by Crippen LogP contribution is -2.39. The fraction of sp³-hybridized carbons (Fsp3) is 0.500. The van der Waals surface area contributed by atoms with Crippen molar-refractivity contribution in [1.29, 1.82) is 0 Å². The lowest BCUT2D eigenvalue weighted by molar-refractivity contribution is 0.0564. The maximum absolute atomic E-state index is 12.8. The molecular formula is C28H37ClN2O4. The first-order valence-electron chi connectivity index (χ1n) is 12.5. The normalized spacial score (nSPS) is 17.7. The van der Waals surface area contributed by atoms with E-state index in [-0.39, 0.29) is 11.9 Å². The molecule has 1 saturated carbocycles. The molecule has 0 unspecified atom stereocenters. The molecule has 0 atom stereocenters. The van der Waals surface area contributed by atoms with E-state index in [0.29, 0.717) is 29.7 Å². The molecule has 0 spiro atoms. The van der Waals surface area contributed by atoms with Crippen LogP contribution in [-0.2, 0) is 16.0 Å². The van der Waals surface area contributed by atoms with Crippen molar-refractivity contribution in [2.24, 2.45) is 0 Å². The van der Waals surface area contributed by atoms with Crippen LogP contribution in [0.25, 0.3) is 0 Å². The highest BCUT2D eigenvalue weighted by Gasteiger charge is 2.27. The fourth-order valence-corrected chi connectivity index (χ4v) is 4.82. The highest BCUT2D eigenvalue weighted by atomic mass is 35.5. The summed E-state index contributed by atoms with van der Waals surface area (Å²) in [5, 5.41) is 0.642. The smallest absolute Gasteiger partial charge is 0.435 e. The predicted molar refractivity (Wildman–Crippen MR) is 139 cm³/mol. The van der Waals surface area contributed by atoms with Gasteiger partial charge in [0.15, 0.2) is 0 Å². The minimum absolute atomic E-state index is 0.0612. The summed E-state index contributed by atoms with van der Waals surface area (Å²) in [4.78, 5) is 28.2. The molecule has 0 bridgehead atoms. The Balaban J connectivity index is 1.41. The first kappa shape index (κ1) is 27.0.